The lowest BCUT2D eigenvalue weighted by Gasteiger charge is -2.16. The Morgan fingerprint density at radius 3 is 2.93 bits per heavy atom. The largest absolute Gasteiger partial charge is 0.338 e. The molecule has 0 saturated heterocycles. The molecule has 0 aliphatic carbocycles. The summed E-state index contributed by atoms with van der Waals surface area (Å²) >= 11 is 8.44. The molecule has 0 atom stereocenters. The van der Waals surface area contributed by atoms with Crippen LogP contribution in [-0.2, 0) is 4.79 Å². The predicted molar refractivity (Wildman–Crippen MR) is 61.1 cm³/mol. The molecule has 6 heteroatoms. The van der Waals surface area contributed by atoms with E-state index < -0.39 is 0 Å². The Morgan fingerprint density at radius 2 is 2.43 bits per heavy atom. The van der Waals surface area contributed by atoms with Gasteiger partial charge in [-0.1, -0.05) is 34.7 Å². The number of thioether (sulfide) groups is 1. The van der Waals surface area contributed by atoms with Gasteiger partial charge >= 0.3 is 0 Å². The molecule has 0 unspecified atom stereocenters. The van der Waals surface area contributed by atoms with Crippen molar-refractivity contribution in [3.05, 3.63) is 22.4 Å². The van der Waals surface area contributed by atoms with Gasteiger partial charge in [-0.05, 0) is 0 Å². The topological polar surface area (TPSA) is 33.2 Å². The van der Waals surface area contributed by atoms with Gasteiger partial charge in [-0.3, -0.25) is 4.79 Å². The highest BCUT2D eigenvalue weighted by molar-refractivity contribution is 8.14. The first-order valence-corrected chi connectivity index (χ1v) is 6.07. The molecule has 1 aliphatic rings. The first-order chi connectivity index (χ1) is 6.66. The molecular weight excluding hydrogens is 240 g/mol. The lowest BCUT2D eigenvalue weighted by molar-refractivity contribution is -0.106. The molecule has 0 bridgehead atoms. The Labute approximate surface area is 94.8 Å². The first kappa shape index (κ1) is 10.0. The smallest absolute Gasteiger partial charge is 0.214 e. The summed E-state index contributed by atoms with van der Waals surface area (Å²) in [6, 6.07) is 0. The molecule has 2 rings (SSSR count). The van der Waals surface area contributed by atoms with Gasteiger partial charge < -0.3 is 4.90 Å². The van der Waals surface area contributed by atoms with E-state index in [2.05, 4.69) is 4.98 Å². The molecular formula is C8H7ClN2OS2. The Hall–Kier alpha value is -0.520. The van der Waals surface area contributed by atoms with Crippen molar-refractivity contribution < 1.29 is 4.79 Å². The van der Waals surface area contributed by atoms with Gasteiger partial charge in [-0.25, -0.2) is 4.98 Å². The van der Waals surface area contributed by atoms with Crippen LogP contribution in [0.2, 0.25) is 4.47 Å². The zero-order valence-corrected chi connectivity index (χ0v) is 9.75. The molecule has 0 amide bonds. The van der Waals surface area contributed by atoms with Gasteiger partial charge in [-0.15, -0.1) is 0 Å². The molecule has 3 nitrogen and oxygen atoms in total. The average Bonchev–Trinajstić information content (AvgIpc) is 2.73. The Bertz CT molecular complexity index is 402. The number of thiazole rings is 1. The van der Waals surface area contributed by atoms with Crippen LogP contribution >= 0.6 is 34.7 Å². The van der Waals surface area contributed by atoms with Crippen molar-refractivity contribution in [2.24, 2.45) is 0 Å². The normalized spacial score (nSPS) is 15.9. The second-order valence-electron chi connectivity index (χ2n) is 2.75. The van der Waals surface area contributed by atoms with Crippen LogP contribution in [0, 0.1) is 0 Å². The molecule has 1 aromatic rings. The average molecular weight is 247 g/mol. The molecule has 1 aromatic heterocycles. The predicted octanol–water partition coefficient (Wildman–Crippen LogP) is 2.39. The lowest BCUT2D eigenvalue weighted by atomic mass is 10.4. The number of hydrogen-bond donors (Lipinski definition) is 0. The van der Waals surface area contributed by atoms with Gasteiger partial charge in [0.1, 0.15) is 5.00 Å². The standard InChI is InChI=1S/C8H7ClN2OS2/c1-11(5-2-7(12)13-4-5)6-3-10-8(9)14-6/h2-3H,4H2,1H3. The van der Waals surface area contributed by atoms with Crippen LogP contribution in [0.15, 0.2) is 18.0 Å². The molecule has 0 fully saturated rings. The van der Waals surface area contributed by atoms with Crippen LogP contribution in [-0.4, -0.2) is 22.9 Å². The van der Waals surface area contributed by atoms with Gasteiger partial charge in [0.2, 0.25) is 5.12 Å². The van der Waals surface area contributed by atoms with E-state index in [1.807, 2.05) is 11.9 Å². The van der Waals surface area contributed by atoms with Crippen molar-refractivity contribution in [1.82, 2.24) is 4.98 Å². The van der Waals surface area contributed by atoms with E-state index in [-0.39, 0.29) is 5.12 Å². The number of carbonyl (C=O) groups is 1. The first-order valence-electron chi connectivity index (χ1n) is 3.89. The fourth-order valence-corrected chi connectivity index (χ4v) is 2.81. The van der Waals surface area contributed by atoms with Crippen molar-refractivity contribution in [3.8, 4) is 0 Å². The summed E-state index contributed by atoms with van der Waals surface area (Å²) < 4.78 is 0.518. The number of halogens is 1. The number of carbonyl (C=O) groups excluding carboxylic acids is 1. The van der Waals surface area contributed by atoms with Crippen LogP contribution in [0.1, 0.15) is 0 Å². The van der Waals surface area contributed by atoms with Gasteiger partial charge in [0.15, 0.2) is 4.47 Å². The highest BCUT2D eigenvalue weighted by Crippen LogP contribution is 2.31. The minimum atomic E-state index is 0.113. The number of nitrogens with zero attached hydrogens (tertiary/aromatic N) is 2. The maximum absolute atomic E-state index is 11.0. The molecule has 0 saturated carbocycles. The number of rotatable bonds is 2. The minimum absolute atomic E-state index is 0.113. The van der Waals surface area contributed by atoms with Crippen LogP contribution in [0.5, 0.6) is 0 Å². The van der Waals surface area contributed by atoms with Gasteiger partial charge in [0.25, 0.3) is 0 Å². The third-order valence-corrected chi connectivity index (χ3v) is 3.91. The SMILES string of the molecule is CN(C1=CC(=O)SC1)c1cnc(Cl)s1. The Morgan fingerprint density at radius 1 is 1.64 bits per heavy atom. The second-order valence-corrected chi connectivity index (χ2v) is 5.32. The summed E-state index contributed by atoms with van der Waals surface area (Å²) in [5, 5.41) is 1.07. The highest BCUT2D eigenvalue weighted by atomic mass is 35.5. The summed E-state index contributed by atoms with van der Waals surface area (Å²) in [7, 11) is 1.91. The van der Waals surface area contributed by atoms with Crippen LogP contribution in [0.25, 0.3) is 0 Å². The van der Waals surface area contributed by atoms with E-state index in [0.29, 0.717) is 4.47 Å². The van der Waals surface area contributed by atoms with Crippen molar-refractivity contribution in [2.45, 2.75) is 0 Å². The van der Waals surface area contributed by atoms with E-state index in [1.165, 1.54) is 23.1 Å². The zero-order valence-electron chi connectivity index (χ0n) is 7.36. The van der Waals surface area contributed by atoms with E-state index in [9.17, 15) is 4.79 Å². The lowest BCUT2D eigenvalue weighted by Crippen LogP contribution is -2.15. The summed E-state index contributed by atoms with van der Waals surface area (Å²) in [4.78, 5) is 16.9. The number of aromatic nitrogens is 1. The van der Waals surface area contributed by atoms with Crippen molar-refractivity contribution in [1.29, 1.82) is 0 Å². The summed E-state index contributed by atoms with van der Waals surface area (Å²) in [6.45, 7) is 0. The molecule has 0 spiro atoms. The number of anilines is 1. The van der Waals surface area contributed by atoms with Crippen LogP contribution in [0.4, 0.5) is 5.00 Å². The van der Waals surface area contributed by atoms with E-state index >= 15 is 0 Å². The quantitative estimate of drug-likeness (QED) is 0.802. The second kappa shape index (κ2) is 3.92. The fraction of sp³-hybridized carbons (Fsp3) is 0.250. The molecule has 14 heavy (non-hydrogen) atoms. The zero-order chi connectivity index (χ0) is 10.1. The summed E-state index contributed by atoms with van der Waals surface area (Å²) in [5.74, 6) is 0.727. The van der Waals surface area contributed by atoms with Crippen molar-refractivity contribution >= 4 is 44.8 Å². The summed E-state index contributed by atoms with van der Waals surface area (Å²) in [6.07, 6.45) is 3.36. The Kier molecular flexibility index (Phi) is 2.80. The van der Waals surface area contributed by atoms with E-state index in [0.717, 1.165) is 16.5 Å². The van der Waals surface area contributed by atoms with Crippen molar-refractivity contribution in [3.63, 3.8) is 0 Å². The molecule has 0 N–H and O–H groups in total. The third kappa shape index (κ3) is 1.94. The Balaban J connectivity index is 2.20. The monoisotopic (exact) mass is 246 g/mol. The molecule has 1 aliphatic heterocycles. The maximum Gasteiger partial charge on any atom is 0.214 e. The van der Waals surface area contributed by atoms with Crippen molar-refractivity contribution in [2.75, 3.05) is 17.7 Å². The van der Waals surface area contributed by atoms with Crippen LogP contribution in [0.3, 0.4) is 0 Å². The molecule has 0 radical (unpaired) electrons. The van der Waals surface area contributed by atoms with Gasteiger partial charge in [0.05, 0.1) is 6.20 Å². The fourth-order valence-electron chi connectivity index (χ4n) is 1.10. The van der Waals surface area contributed by atoms with E-state index in [4.69, 9.17) is 11.6 Å². The highest BCUT2D eigenvalue weighted by Gasteiger charge is 2.18. The molecule has 74 valence electrons. The molecule has 2 heterocycles. The van der Waals surface area contributed by atoms with Gasteiger partial charge in [0, 0.05) is 24.6 Å². The summed E-state index contributed by atoms with van der Waals surface area (Å²) in [5.41, 5.74) is 1.00. The van der Waals surface area contributed by atoms with E-state index in [1.54, 1.807) is 12.3 Å². The maximum atomic E-state index is 11.0. The minimum Gasteiger partial charge on any atom is -0.338 e. The van der Waals surface area contributed by atoms with Crippen LogP contribution < -0.4 is 4.90 Å². The van der Waals surface area contributed by atoms with Gasteiger partial charge in [-0.2, -0.15) is 0 Å². The third-order valence-electron chi connectivity index (χ3n) is 1.87. The number of hydrogen-bond acceptors (Lipinski definition) is 5. The molecule has 0 aromatic carbocycles.